The minimum Gasteiger partial charge on any atom is -0.399 e. The summed E-state index contributed by atoms with van der Waals surface area (Å²) < 4.78 is 25.6. The van der Waals surface area contributed by atoms with Gasteiger partial charge in [-0.3, -0.25) is 4.79 Å². The summed E-state index contributed by atoms with van der Waals surface area (Å²) in [5.74, 6) is -3.45. The molecule has 0 atom stereocenters. The van der Waals surface area contributed by atoms with E-state index in [4.69, 9.17) is 17.3 Å². The van der Waals surface area contributed by atoms with E-state index < -0.39 is 28.9 Å². The quantitative estimate of drug-likeness (QED) is 0.456. The van der Waals surface area contributed by atoms with Gasteiger partial charge in [-0.2, -0.15) is 0 Å². The maximum absolute atomic E-state index is 12.9. The standard InChI is InChI=1S/C8H6ClF2NO/c9-3-7(13)5-1-4(12)2-6(10)8(5)11/h1-2H,3,12H2. The average molecular weight is 206 g/mol. The number of ketones is 1. The number of Topliss-reactive ketones (excluding diaryl/α,β-unsaturated/α-hetero) is 1. The van der Waals surface area contributed by atoms with Crippen molar-refractivity contribution in [3.05, 3.63) is 29.3 Å². The molecular formula is C8H6ClF2NO. The number of alkyl halides is 1. The molecular weight excluding hydrogens is 200 g/mol. The Hall–Kier alpha value is -1.16. The molecule has 0 heterocycles. The van der Waals surface area contributed by atoms with E-state index in [1.165, 1.54) is 0 Å². The van der Waals surface area contributed by atoms with E-state index in [0.717, 1.165) is 12.1 Å². The van der Waals surface area contributed by atoms with Crippen molar-refractivity contribution in [1.82, 2.24) is 0 Å². The lowest BCUT2D eigenvalue weighted by Gasteiger charge is -2.02. The predicted octanol–water partition coefficient (Wildman–Crippen LogP) is 1.97. The first-order valence-electron chi connectivity index (χ1n) is 3.40. The first-order chi connectivity index (χ1) is 6.06. The van der Waals surface area contributed by atoms with E-state index in [9.17, 15) is 13.6 Å². The van der Waals surface area contributed by atoms with Crippen molar-refractivity contribution in [1.29, 1.82) is 0 Å². The molecule has 0 saturated heterocycles. The fourth-order valence-electron chi connectivity index (χ4n) is 0.885. The summed E-state index contributed by atoms with van der Waals surface area (Å²) >= 11 is 5.18. The Labute approximate surface area is 78.3 Å². The van der Waals surface area contributed by atoms with Crippen LogP contribution in [0.3, 0.4) is 0 Å². The fourth-order valence-corrected chi connectivity index (χ4v) is 1.03. The molecule has 5 heteroatoms. The van der Waals surface area contributed by atoms with E-state index in [1.54, 1.807) is 0 Å². The summed E-state index contributed by atoms with van der Waals surface area (Å²) in [5.41, 5.74) is 4.80. The minimum atomic E-state index is -1.21. The summed E-state index contributed by atoms with van der Waals surface area (Å²) in [6.45, 7) is 0. The van der Waals surface area contributed by atoms with Crippen molar-refractivity contribution in [3.8, 4) is 0 Å². The van der Waals surface area contributed by atoms with E-state index in [0.29, 0.717) is 0 Å². The van der Waals surface area contributed by atoms with Crippen LogP contribution in [0, 0.1) is 11.6 Å². The summed E-state index contributed by atoms with van der Waals surface area (Å²) in [4.78, 5) is 10.9. The van der Waals surface area contributed by atoms with Gasteiger partial charge in [-0.1, -0.05) is 0 Å². The van der Waals surface area contributed by atoms with Crippen LogP contribution in [-0.2, 0) is 0 Å². The molecule has 0 radical (unpaired) electrons. The number of hydrogen-bond donors (Lipinski definition) is 1. The zero-order valence-corrected chi connectivity index (χ0v) is 7.24. The average Bonchev–Trinajstić information content (AvgIpc) is 2.10. The zero-order valence-electron chi connectivity index (χ0n) is 6.48. The molecule has 0 amide bonds. The van der Waals surface area contributed by atoms with Gasteiger partial charge in [-0.25, -0.2) is 8.78 Å². The van der Waals surface area contributed by atoms with E-state index in [1.807, 2.05) is 0 Å². The largest absolute Gasteiger partial charge is 0.399 e. The van der Waals surface area contributed by atoms with Crippen molar-refractivity contribution >= 4 is 23.1 Å². The molecule has 0 fully saturated rings. The highest BCUT2D eigenvalue weighted by Crippen LogP contribution is 2.17. The third-order valence-electron chi connectivity index (χ3n) is 1.47. The molecule has 1 rings (SSSR count). The van der Waals surface area contributed by atoms with Gasteiger partial charge in [0, 0.05) is 5.69 Å². The van der Waals surface area contributed by atoms with Crippen LogP contribution in [-0.4, -0.2) is 11.7 Å². The molecule has 1 aromatic carbocycles. The number of carbonyl (C=O) groups is 1. The number of rotatable bonds is 2. The molecule has 0 saturated carbocycles. The maximum atomic E-state index is 12.9. The summed E-state index contributed by atoms with van der Waals surface area (Å²) in [7, 11) is 0. The van der Waals surface area contributed by atoms with Crippen molar-refractivity contribution in [2.45, 2.75) is 0 Å². The molecule has 0 aliphatic rings. The Balaban J connectivity index is 3.28. The number of nitrogen functional groups attached to an aromatic ring is 1. The lowest BCUT2D eigenvalue weighted by Crippen LogP contribution is -2.06. The van der Waals surface area contributed by atoms with Gasteiger partial charge in [-0.05, 0) is 12.1 Å². The third kappa shape index (κ3) is 1.95. The maximum Gasteiger partial charge on any atom is 0.180 e. The highest BCUT2D eigenvalue weighted by atomic mass is 35.5. The van der Waals surface area contributed by atoms with Crippen LogP contribution >= 0.6 is 11.6 Å². The Morgan fingerprint density at radius 2 is 2.08 bits per heavy atom. The molecule has 70 valence electrons. The third-order valence-corrected chi connectivity index (χ3v) is 1.72. The molecule has 13 heavy (non-hydrogen) atoms. The highest BCUT2D eigenvalue weighted by molar-refractivity contribution is 6.30. The van der Waals surface area contributed by atoms with Crippen LogP contribution in [0.5, 0.6) is 0 Å². The molecule has 0 bridgehead atoms. The normalized spacial score (nSPS) is 10.1. The first-order valence-corrected chi connectivity index (χ1v) is 3.93. The van der Waals surface area contributed by atoms with Gasteiger partial charge < -0.3 is 5.73 Å². The van der Waals surface area contributed by atoms with E-state index in [-0.39, 0.29) is 5.69 Å². The fraction of sp³-hybridized carbons (Fsp3) is 0.125. The second-order valence-corrected chi connectivity index (χ2v) is 2.69. The Morgan fingerprint density at radius 3 is 2.62 bits per heavy atom. The van der Waals surface area contributed by atoms with Crippen LogP contribution in [0.4, 0.5) is 14.5 Å². The molecule has 0 aromatic heterocycles. The topological polar surface area (TPSA) is 43.1 Å². The van der Waals surface area contributed by atoms with Crippen LogP contribution in [0.15, 0.2) is 12.1 Å². The minimum absolute atomic E-state index is 0.00707. The van der Waals surface area contributed by atoms with Crippen LogP contribution in [0.1, 0.15) is 10.4 Å². The molecule has 2 N–H and O–H groups in total. The van der Waals surface area contributed by atoms with Crippen LogP contribution < -0.4 is 5.73 Å². The van der Waals surface area contributed by atoms with E-state index >= 15 is 0 Å². The van der Waals surface area contributed by atoms with Crippen LogP contribution in [0.25, 0.3) is 0 Å². The smallest absolute Gasteiger partial charge is 0.180 e. The van der Waals surface area contributed by atoms with Crippen molar-refractivity contribution in [2.24, 2.45) is 0 Å². The lowest BCUT2D eigenvalue weighted by molar-refractivity contribution is 0.101. The molecule has 1 aromatic rings. The van der Waals surface area contributed by atoms with E-state index in [2.05, 4.69) is 0 Å². The molecule has 0 aliphatic carbocycles. The summed E-state index contributed by atoms with van der Waals surface area (Å²) in [6.07, 6.45) is 0. The predicted molar refractivity (Wildman–Crippen MR) is 45.8 cm³/mol. The zero-order chi connectivity index (χ0) is 10.0. The van der Waals surface area contributed by atoms with Gasteiger partial charge in [0.2, 0.25) is 0 Å². The van der Waals surface area contributed by atoms with Crippen molar-refractivity contribution < 1.29 is 13.6 Å². The van der Waals surface area contributed by atoms with Crippen molar-refractivity contribution in [3.63, 3.8) is 0 Å². The van der Waals surface area contributed by atoms with Gasteiger partial charge in [0.25, 0.3) is 0 Å². The molecule has 2 nitrogen and oxygen atoms in total. The molecule has 0 spiro atoms. The summed E-state index contributed by atoms with van der Waals surface area (Å²) in [5, 5.41) is 0. The summed E-state index contributed by atoms with van der Waals surface area (Å²) in [6, 6.07) is 1.86. The Bertz CT molecular complexity index is 354. The number of carbonyl (C=O) groups excluding carboxylic acids is 1. The number of nitrogens with two attached hydrogens (primary N) is 1. The lowest BCUT2D eigenvalue weighted by atomic mass is 10.1. The second kappa shape index (κ2) is 3.70. The number of hydrogen-bond acceptors (Lipinski definition) is 2. The van der Waals surface area contributed by atoms with Gasteiger partial charge in [0.15, 0.2) is 17.4 Å². The van der Waals surface area contributed by atoms with Gasteiger partial charge in [-0.15, -0.1) is 11.6 Å². The van der Waals surface area contributed by atoms with Gasteiger partial charge in [0.1, 0.15) is 0 Å². The first kappa shape index (κ1) is 9.92. The monoisotopic (exact) mass is 205 g/mol. The molecule has 0 aliphatic heterocycles. The number of benzene rings is 1. The van der Waals surface area contributed by atoms with Crippen molar-refractivity contribution in [2.75, 3.05) is 11.6 Å². The molecule has 0 unspecified atom stereocenters. The van der Waals surface area contributed by atoms with Gasteiger partial charge >= 0.3 is 0 Å². The second-order valence-electron chi connectivity index (χ2n) is 2.42. The number of anilines is 1. The van der Waals surface area contributed by atoms with Crippen LogP contribution in [0.2, 0.25) is 0 Å². The SMILES string of the molecule is Nc1cc(F)c(F)c(C(=O)CCl)c1. The highest BCUT2D eigenvalue weighted by Gasteiger charge is 2.15. The number of halogens is 3. The Morgan fingerprint density at radius 1 is 1.46 bits per heavy atom. The Kier molecular flexibility index (Phi) is 2.83. The van der Waals surface area contributed by atoms with Gasteiger partial charge in [0.05, 0.1) is 11.4 Å².